The van der Waals surface area contributed by atoms with Gasteiger partial charge in [-0.1, -0.05) is 30.0 Å². The maximum atomic E-state index is 14.2. The maximum absolute atomic E-state index is 14.2. The summed E-state index contributed by atoms with van der Waals surface area (Å²) < 4.78 is 17.3. The van der Waals surface area contributed by atoms with Gasteiger partial charge in [0.05, 0.1) is 17.8 Å². The van der Waals surface area contributed by atoms with E-state index in [4.69, 9.17) is 5.73 Å². The lowest BCUT2D eigenvalue weighted by Crippen LogP contribution is -2.24. The smallest absolute Gasteiger partial charge is 0.272 e. The van der Waals surface area contributed by atoms with Crippen LogP contribution in [0.4, 0.5) is 10.2 Å². The monoisotopic (exact) mass is 429 g/mol. The Morgan fingerprint density at radius 2 is 2.10 bits per heavy atom. The molecule has 2 N–H and O–H groups in total. The number of carbonyl (C=O) groups is 1. The first-order valence-corrected chi connectivity index (χ1v) is 10.5. The van der Waals surface area contributed by atoms with Crippen molar-refractivity contribution in [2.45, 2.75) is 18.6 Å². The number of thioether (sulfide) groups is 1. The van der Waals surface area contributed by atoms with Crippen LogP contribution in [0.3, 0.4) is 0 Å². The number of fused-ring (bicyclic) bond motifs is 1. The number of nitrogens with two attached hydrogens (primary N) is 1. The molecular formula is C19H16FN5O2S2. The third kappa shape index (κ3) is 3.81. The quantitative estimate of drug-likeness (QED) is 0.387. The molecule has 0 unspecified atom stereocenters. The fourth-order valence-electron chi connectivity index (χ4n) is 2.91. The standard InChI is InChI=1S/C19H16FN5O2S2/c1-11-8-15(21)23-25(11)16(26)10-29-19-22-14-6-7-28-17(14)18(27)24(19)9-12-4-2-3-5-13(12)20/h2-8H,9-10H2,1H3,(H2,21,23). The number of hydrogen-bond acceptors (Lipinski definition) is 7. The SMILES string of the molecule is Cc1cc(N)nn1C(=O)CSc1nc2ccsc2c(=O)n1Cc1ccccc1F. The van der Waals surface area contributed by atoms with Crippen LogP contribution in [0, 0.1) is 12.7 Å². The molecule has 0 spiro atoms. The molecule has 1 aromatic carbocycles. The minimum Gasteiger partial charge on any atom is -0.382 e. The minimum atomic E-state index is -0.402. The molecule has 3 heterocycles. The van der Waals surface area contributed by atoms with Crippen LogP contribution >= 0.6 is 23.1 Å². The molecule has 0 amide bonds. The predicted octanol–water partition coefficient (Wildman–Crippen LogP) is 3.17. The van der Waals surface area contributed by atoms with Gasteiger partial charge in [0.25, 0.3) is 11.5 Å². The van der Waals surface area contributed by atoms with Crippen molar-refractivity contribution >= 4 is 45.0 Å². The lowest BCUT2D eigenvalue weighted by atomic mass is 10.2. The first-order valence-electron chi connectivity index (χ1n) is 8.63. The van der Waals surface area contributed by atoms with Crippen LogP contribution in [0.5, 0.6) is 0 Å². The van der Waals surface area contributed by atoms with Crippen LogP contribution < -0.4 is 11.3 Å². The Kier molecular flexibility index (Phi) is 5.20. The maximum Gasteiger partial charge on any atom is 0.272 e. The van der Waals surface area contributed by atoms with Crippen LogP contribution in [0.2, 0.25) is 0 Å². The molecule has 4 aromatic rings. The van der Waals surface area contributed by atoms with E-state index >= 15 is 0 Å². The second kappa shape index (κ2) is 7.80. The van der Waals surface area contributed by atoms with Crippen molar-refractivity contribution in [1.29, 1.82) is 0 Å². The summed E-state index contributed by atoms with van der Waals surface area (Å²) in [4.78, 5) is 30.0. The number of benzene rings is 1. The fraction of sp³-hybridized carbons (Fsp3) is 0.158. The fourth-order valence-corrected chi connectivity index (χ4v) is 4.53. The summed E-state index contributed by atoms with van der Waals surface area (Å²) in [5.41, 5.74) is 6.92. The number of rotatable bonds is 5. The third-order valence-corrected chi connectivity index (χ3v) is 6.14. The van der Waals surface area contributed by atoms with Crippen LogP contribution in [0.15, 0.2) is 51.7 Å². The molecule has 29 heavy (non-hydrogen) atoms. The Bertz CT molecular complexity index is 1280. The predicted molar refractivity (Wildman–Crippen MR) is 112 cm³/mol. The Hall–Kier alpha value is -2.98. The van der Waals surface area contributed by atoms with Gasteiger partial charge in [-0.25, -0.2) is 14.1 Å². The minimum absolute atomic E-state index is 0.00131. The van der Waals surface area contributed by atoms with Crippen molar-refractivity contribution in [2.24, 2.45) is 0 Å². The Balaban J connectivity index is 1.69. The van der Waals surface area contributed by atoms with Crippen molar-refractivity contribution in [3.63, 3.8) is 0 Å². The van der Waals surface area contributed by atoms with Gasteiger partial charge in [-0.2, -0.15) is 0 Å². The van der Waals surface area contributed by atoms with Crippen LogP contribution in [0.25, 0.3) is 10.2 Å². The molecule has 3 aromatic heterocycles. The lowest BCUT2D eigenvalue weighted by Gasteiger charge is -2.12. The number of aromatic nitrogens is 4. The van der Waals surface area contributed by atoms with Gasteiger partial charge in [0.2, 0.25) is 0 Å². The second-order valence-corrected chi connectivity index (χ2v) is 8.18. The van der Waals surface area contributed by atoms with Crippen molar-refractivity contribution in [1.82, 2.24) is 19.3 Å². The zero-order valence-electron chi connectivity index (χ0n) is 15.3. The van der Waals surface area contributed by atoms with Gasteiger partial charge in [-0.05, 0) is 24.4 Å². The van der Waals surface area contributed by atoms with Gasteiger partial charge in [-0.15, -0.1) is 16.4 Å². The van der Waals surface area contributed by atoms with Crippen molar-refractivity contribution in [2.75, 3.05) is 11.5 Å². The number of aryl methyl sites for hydroxylation is 1. The van der Waals surface area contributed by atoms with E-state index in [1.165, 1.54) is 26.7 Å². The summed E-state index contributed by atoms with van der Waals surface area (Å²) in [6.07, 6.45) is 0. The number of hydrogen-bond donors (Lipinski definition) is 1. The van der Waals surface area contributed by atoms with E-state index < -0.39 is 5.82 Å². The average Bonchev–Trinajstić information content (AvgIpc) is 3.29. The normalized spacial score (nSPS) is 11.2. The molecular weight excluding hydrogens is 413 g/mol. The molecule has 0 aliphatic carbocycles. The first-order chi connectivity index (χ1) is 13.9. The number of thiophene rings is 1. The molecule has 0 radical (unpaired) electrons. The number of halogens is 1. The lowest BCUT2D eigenvalue weighted by molar-refractivity contribution is 0.0924. The summed E-state index contributed by atoms with van der Waals surface area (Å²) in [5.74, 6) is -0.432. The molecule has 0 saturated heterocycles. The molecule has 7 nitrogen and oxygen atoms in total. The summed E-state index contributed by atoms with van der Waals surface area (Å²) >= 11 is 2.39. The average molecular weight is 430 g/mol. The van der Waals surface area contributed by atoms with Crippen molar-refractivity contribution in [3.8, 4) is 0 Å². The van der Waals surface area contributed by atoms with Gasteiger partial charge >= 0.3 is 0 Å². The van der Waals surface area contributed by atoms with Crippen molar-refractivity contribution < 1.29 is 9.18 Å². The second-order valence-electron chi connectivity index (χ2n) is 6.32. The van der Waals surface area contributed by atoms with E-state index in [2.05, 4.69) is 10.1 Å². The van der Waals surface area contributed by atoms with Gasteiger partial charge in [0.1, 0.15) is 16.3 Å². The first kappa shape index (κ1) is 19.3. The number of nitrogen functional groups attached to an aromatic ring is 1. The molecule has 0 fully saturated rings. The van der Waals surface area contributed by atoms with E-state index in [-0.39, 0.29) is 29.6 Å². The van der Waals surface area contributed by atoms with Crippen LogP contribution in [-0.4, -0.2) is 31.0 Å². The zero-order chi connectivity index (χ0) is 20.5. The summed E-state index contributed by atoms with van der Waals surface area (Å²) in [6.45, 7) is 1.76. The van der Waals surface area contributed by atoms with Gasteiger partial charge in [0.15, 0.2) is 5.16 Å². The number of nitrogens with zero attached hydrogens (tertiary/aromatic N) is 4. The third-order valence-electron chi connectivity index (χ3n) is 4.28. The Morgan fingerprint density at radius 1 is 1.31 bits per heavy atom. The van der Waals surface area contributed by atoms with Gasteiger partial charge in [-0.3, -0.25) is 14.2 Å². The van der Waals surface area contributed by atoms with Crippen LogP contribution in [-0.2, 0) is 6.54 Å². The van der Waals surface area contributed by atoms with Gasteiger partial charge < -0.3 is 5.73 Å². The van der Waals surface area contributed by atoms with Gasteiger partial charge in [0, 0.05) is 17.3 Å². The summed E-state index contributed by atoms with van der Waals surface area (Å²) in [5, 5.41) is 6.10. The van der Waals surface area contributed by atoms with E-state index in [9.17, 15) is 14.0 Å². The largest absolute Gasteiger partial charge is 0.382 e. The molecule has 0 bridgehead atoms. The molecule has 0 aliphatic rings. The molecule has 0 aliphatic heterocycles. The highest BCUT2D eigenvalue weighted by Gasteiger charge is 2.17. The number of carbonyl (C=O) groups excluding carboxylic acids is 1. The Labute approximate surface area is 173 Å². The van der Waals surface area contributed by atoms with E-state index in [1.807, 2.05) is 0 Å². The van der Waals surface area contributed by atoms with Crippen molar-refractivity contribution in [3.05, 3.63) is 69.2 Å². The highest BCUT2D eigenvalue weighted by Crippen LogP contribution is 2.22. The summed E-state index contributed by atoms with van der Waals surface area (Å²) in [7, 11) is 0. The Morgan fingerprint density at radius 3 is 2.83 bits per heavy atom. The topological polar surface area (TPSA) is 95.8 Å². The van der Waals surface area contributed by atoms with E-state index in [0.29, 0.717) is 26.6 Å². The molecule has 148 valence electrons. The van der Waals surface area contributed by atoms with E-state index in [0.717, 1.165) is 11.8 Å². The zero-order valence-corrected chi connectivity index (χ0v) is 17.0. The van der Waals surface area contributed by atoms with Crippen LogP contribution in [0.1, 0.15) is 16.1 Å². The highest BCUT2D eigenvalue weighted by atomic mass is 32.2. The number of anilines is 1. The summed E-state index contributed by atoms with van der Waals surface area (Å²) in [6, 6.07) is 9.62. The molecule has 0 saturated carbocycles. The highest BCUT2D eigenvalue weighted by molar-refractivity contribution is 7.99. The molecule has 0 atom stereocenters. The molecule has 4 rings (SSSR count). The van der Waals surface area contributed by atoms with E-state index in [1.54, 1.807) is 42.6 Å². The molecule has 10 heteroatoms.